The van der Waals surface area contributed by atoms with Crippen LogP contribution in [-0.4, -0.2) is 30.4 Å². The van der Waals surface area contributed by atoms with Crippen molar-refractivity contribution >= 4 is 27.3 Å². The smallest absolute Gasteiger partial charge is 0.276 e. The molecular weight excluding hydrogens is 344 g/mol. The number of aryl methyl sites for hydroxylation is 1. The maximum absolute atomic E-state index is 12.3. The average molecular weight is 364 g/mol. The van der Waals surface area contributed by atoms with Crippen LogP contribution < -0.4 is 15.6 Å². The monoisotopic (exact) mass is 364 g/mol. The molecule has 8 nitrogen and oxygen atoms in total. The molecule has 0 aliphatic rings. The molecule has 0 spiro atoms. The van der Waals surface area contributed by atoms with E-state index in [1.165, 1.54) is 22.9 Å². The molecule has 0 aliphatic heterocycles. The van der Waals surface area contributed by atoms with Crippen molar-refractivity contribution in [3.8, 4) is 0 Å². The van der Waals surface area contributed by atoms with Crippen LogP contribution in [0.25, 0.3) is 0 Å². The van der Waals surface area contributed by atoms with E-state index in [1.54, 1.807) is 18.2 Å². The number of rotatable bonds is 7. The summed E-state index contributed by atoms with van der Waals surface area (Å²) in [4.78, 5) is 24.1. The summed E-state index contributed by atoms with van der Waals surface area (Å²) in [6.07, 6.45) is 2.74. The molecule has 1 aromatic carbocycles. The number of carbonyl (C=O) groups excluding carboxylic acids is 1. The van der Waals surface area contributed by atoms with Gasteiger partial charge in [-0.2, -0.15) is 5.10 Å². The third kappa shape index (κ3) is 5.71. The van der Waals surface area contributed by atoms with E-state index in [0.717, 1.165) is 19.1 Å². The fourth-order valence-corrected chi connectivity index (χ4v) is 2.66. The largest absolute Gasteiger partial charge is 0.321 e. The van der Waals surface area contributed by atoms with Crippen LogP contribution in [0.3, 0.4) is 0 Å². The molecule has 0 atom stereocenters. The second-order valence-electron chi connectivity index (χ2n) is 5.54. The quantitative estimate of drug-likeness (QED) is 0.776. The minimum Gasteiger partial charge on any atom is -0.321 e. The number of hydrogen-bond donors (Lipinski definition) is 2. The predicted octanol–water partition coefficient (Wildman–Crippen LogP) is 1.67. The van der Waals surface area contributed by atoms with Gasteiger partial charge in [0.25, 0.3) is 11.5 Å². The first-order valence-electron chi connectivity index (χ1n) is 7.76. The Kier molecular flexibility index (Phi) is 5.92. The van der Waals surface area contributed by atoms with Crippen molar-refractivity contribution in [3.05, 3.63) is 52.4 Å². The minimum absolute atomic E-state index is 0.108. The van der Waals surface area contributed by atoms with E-state index in [0.29, 0.717) is 17.9 Å². The molecule has 0 saturated heterocycles. The third-order valence-corrected chi connectivity index (χ3v) is 3.85. The van der Waals surface area contributed by atoms with Gasteiger partial charge in [-0.05, 0) is 30.7 Å². The molecule has 9 heteroatoms. The van der Waals surface area contributed by atoms with Gasteiger partial charge < -0.3 is 5.32 Å². The zero-order valence-electron chi connectivity index (χ0n) is 14.0. The maximum atomic E-state index is 12.3. The van der Waals surface area contributed by atoms with Crippen molar-refractivity contribution in [2.75, 3.05) is 16.3 Å². The van der Waals surface area contributed by atoms with Crippen LogP contribution in [0.2, 0.25) is 0 Å². The zero-order valence-corrected chi connectivity index (χ0v) is 14.8. The van der Waals surface area contributed by atoms with Gasteiger partial charge in [-0.1, -0.05) is 19.4 Å². The first kappa shape index (κ1) is 18.7. The molecule has 0 fully saturated rings. The number of nitrogens with one attached hydrogen (secondary N) is 2. The average Bonchev–Trinajstić information content (AvgIpc) is 2.52. The summed E-state index contributed by atoms with van der Waals surface area (Å²) in [6.45, 7) is 2.45. The van der Waals surface area contributed by atoms with E-state index in [9.17, 15) is 18.0 Å². The normalized spacial score (nSPS) is 11.1. The van der Waals surface area contributed by atoms with Gasteiger partial charge >= 0.3 is 0 Å². The fourth-order valence-electron chi connectivity index (χ4n) is 2.11. The molecule has 1 amide bonds. The first-order valence-corrected chi connectivity index (χ1v) is 9.65. The van der Waals surface area contributed by atoms with Gasteiger partial charge in [0.1, 0.15) is 5.69 Å². The highest BCUT2D eigenvalue weighted by molar-refractivity contribution is 7.92. The van der Waals surface area contributed by atoms with Crippen molar-refractivity contribution in [1.29, 1.82) is 0 Å². The molecule has 2 aromatic rings. The Hall–Kier alpha value is -2.68. The summed E-state index contributed by atoms with van der Waals surface area (Å²) in [6, 6.07) is 8.96. The maximum Gasteiger partial charge on any atom is 0.276 e. The number of amides is 1. The van der Waals surface area contributed by atoms with Crippen LogP contribution in [0, 0.1) is 0 Å². The van der Waals surface area contributed by atoms with E-state index in [2.05, 4.69) is 15.1 Å². The topological polar surface area (TPSA) is 110 Å². The highest BCUT2D eigenvalue weighted by atomic mass is 32.2. The lowest BCUT2D eigenvalue weighted by molar-refractivity contribution is 0.101. The highest BCUT2D eigenvalue weighted by Crippen LogP contribution is 2.16. The molecule has 1 aromatic heterocycles. The summed E-state index contributed by atoms with van der Waals surface area (Å²) < 4.78 is 26.1. The van der Waals surface area contributed by atoms with Crippen LogP contribution in [-0.2, 0) is 16.6 Å². The molecule has 134 valence electrons. The van der Waals surface area contributed by atoms with Crippen LogP contribution >= 0.6 is 0 Å². The van der Waals surface area contributed by atoms with E-state index in [1.807, 2.05) is 6.92 Å². The van der Waals surface area contributed by atoms with Crippen molar-refractivity contribution in [2.24, 2.45) is 0 Å². The summed E-state index contributed by atoms with van der Waals surface area (Å²) >= 11 is 0. The molecule has 25 heavy (non-hydrogen) atoms. The molecule has 1 heterocycles. The minimum atomic E-state index is -3.41. The summed E-state index contributed by atoms with van der Waals surface area (Å²) in [7, 11) is -3.41. The lowest BCUT2D eigenvalue weighted by atomic mass is 10.2. The number of unbranched alkanes of at least 4 members (excludes halogenated alkanes) is 1. The second-order valence-corrected chi connectivity index (χ2v) is 7.29. The SMILES string of the molecule is CCCCn1nc(C(=O)Nc2cccc(NS(C)(=O)=O)c2)ccc1=O. The van der Waals surface area contributed by atoms with Gasteiger partial charge in [-0.3, -0.25) is 14.3 Å². The molecule has 0 saturated carbocycles. The lowest BCUT2D eigenvalue weighted by Crippen LogP contribution is -2.26. The molecule has 0 radical (unpaired) electrons. The highest BCUT2D eigenvalue weighted by Gasteiger charge is 2.11. The van der Waals surface area contributed by atoms with Gasteiger partial charge in [0.15, 0.2) is 0 Å². The van der Waals surface area contributed by atoms with Crippen LogP contribution in [0.1, 0.15) is 30.3 Å². The summed E-state index contributed by atoms with van der Waals surface area (Å²) in [5.74, 6) is -0.484. The Balaban J connectivity index is 2.17. The Labute approximate surface area is 145 Å². The zero-order chi connectivity index (χ0) is 18.4. The van der Waals surface area contributed by atoms with Crippen molar-refractivity contribution in [2.45, 2.75) is 26.3 Å². The third-order valence-electron chi connectivity index (χ3n) is 3.25. The van der Waals surface area contributed by atoms with E-state index >= 15 is 0 Å². The Morgan fingerprint density at radius 3 is 2.60 bits per heavy atom. The van der Waals surface area contributed by atoms with E-state index in [-0.39, 0.29) is 11.3 Å². The number of hydrogen-bond acceptors (Lipinski definition) is 5. The van der Waals surface area contributed by atoms with Crippen molar-refractivity contribution < 1.29 is 13.2 Å². The van der Waals surface area contributed by atoms with Gasteiger partial charge in [0.2, 0.25) is 10.0 Å². The summed E-state index contributed by atoms with van der Waals surface area (Å²) in [5.41, 5.74) is 0.592. The molecule has 0 unspecified atom stereocenters. The fraction of sp³-hybridized carbons (Fsp3) is 0.312. The van der Waals surface area contributed by atoms with Crippen LogP contribution in [0.15, 0.2) is 41.2 Å². The van der Waals surface area contributed by atoms with Gasteiger partial charge in [0, 0.05) is 18.3 Å². The van der Waals surface area contributed by atoms with Gasteiger partial charge in [-0.15, -0.1) is 0 Å². The standard InChI is InChI=1S/C16H20N4O4S/c1-3-4-10-20-15(21)9-8-14(18-20)16(22)17-12-6-5-7-13(11-12)19-25(2,23)24/h5-9,11,19H,3-4,10H2,1-2H3,(H,17,22). The van der Waals surface area contributed by atoms with Crippen molar-refractivity contribution in [3.63, 3.8) is 0 Å². The summed E-state index contributed by atoms with van der Waals surface area (Å²) in [5, 5.41) is 6.70. The van der Waals surface area contributed by atoms with Crippen LogP contribution in [0.4, 0.5) is 11.4 Å². The number of anilines is 2. The molecule has 2 N–H and O–H groups in total. The second kappa shape index (κ2) is 7.93. The molecule has 2 rings (SSSR count). The molecule has 0 bridgehead atoms. The predicted molar refractivity (Wildman–Crippen MR) is 96.3 cm³/mol. The molecular formula is C16H20N4O4S. The van der Waals surface area contributed by atoms with Gasteiger partial charge in [-0.25, -0.2) is 13.1 Å². The number of carbonyl (C=O) groups is 1. The lowest BCUT2D eigenvalue weighted by Gasteiger charge is -2.09. The number of aromatic nitrogens is 2. The number of sulfonamides is 1. The first-order chi connectivity index (χ1) is 11.8. The Morgan fingerprint density at radius 1 is 1.20 bits per heavy atom. The number of nitrogens with zero attached hydrogens (tertiary/aromatic N) is 2. The van der Waals surface area contributed by atoms with Crippen molar-refractivity contribution in [1.82, 2.24) is 9.78 Å². The van der Waals surface area contributed by atoms with Gasteiger partial charge in [0.05, 0.1) is 11.9 Å². The number of benzene rings is 1. The molecule has 0 aliphatic carbocycles. The van der Waals surface area contributed by atoms with Crippen LogP contribution in [0.5, 0.6) is 0 Å². The van der Waals surface area contributed by atoms with E-state index in [4.69, 9.17) is 0 Å². The van der Waals surface area contributed by atoms with E-state index < -0.39 is 15.9 Å². The Bertz CT molecular complexity index is 922. The Morgan fingerprint density at radius 2 is 1.92 bits per heavy atom.